The molecule has 5 aromatic rings. The van der Waals surface area contributed by atoms with Crippen LogP contribution in [0.3, 0.4) is 0 Å². The quantitative estimate of drug-likeness (QED) is 0.269. The zero-order chi connectivity index (χ0) is 30.9. The monoisotopic (exact) mass is 612 g/mol. The zero-order valence-corrected chi connectivity index (χ0v) is 22.8. The lowest BCUT2D eigenvalue weighted by Crippen LogP contribution is -2.41. The van der Waals surface area contributed by atoms with Gasteiger partial charge in [0, 0.05) is 36.5 Å². The third-order valence-corrected chi connectivity index (χ3v) is 8.33. The van der Waals surface area contributed by atoms with E-state index in [0.717, 1.165) is 6.07 Å². The van der Waals surface area contributed by atoms with Crippen molar-refractivity contribution < 1.29 is 31.1 Å². The number of carbonyl (C=O) groups is 1. The van der Waals surface area contributed by atoms with Crippen molar-refractivity contribution >= 4 is 16.9 Å². The molecule has 1 saturated heterocycles. The number of aromatic nitrogens is 5. The summed E-state index contributed by atoms with van der Waals surface area (Å²) >= 11 is 0. The van der Waals surface area contributed by atoms with E-state index in [9.17, 15) is 35.9 Å². The highest BCUT2D eigenvalue weighted by Crippen LogP contribution is 2.39. The van der Waals surface area contributed by atoms with Gasteiger partial charge in [-0.1, -0.05) is 0 Å². The smallest absolute Gasteiger partial charge is 0.337 e. The summed E-state index contributed by atoms with van der Waals surface area (Å²) < 4.78 is 85.9. The number of hydrogen-bond acceptors (Lipinski definition) is 4. The minimum absolute atomic E-state index is 0.0446. The molecule has 0 unspecified atom stereocenters. The topological polar surface area (TPSA) is 88.8 Å². The Labute approximate surface area is 244 Å². The molecule has 4 heterocycles. The number of piperidine rings is 1. The lowest BCUT2D eigenvalue weighted by molar-refractivity contribution is -0.140. The van der Waals surface area contributed by atoms with Gasteiger partial charge in [-0.25, -0.2) is 22.6 Å². The van der Waals surface area contributed by atoms with Crippen molar-refractivity contribution in [1.29, 1.82) is 0 Å². The van der Waals surface area contributed by atoms with Crippen molar-refractivity contribution in [3.63, 3.8) is 0 Å². The fraction of sp³-hybridized carbons (Fsp3) is 0.267. The maximum absolute atomic E-state index is 14.7. The predicted molar refractivity (Wildman–Crippen MR) is 146 cm³/mol. The highest BCUT2D eigenvalue weighted by Gasteiger charge is 2.37. The average Bonchev–Trinajstić information content (AvgIpc) is 3.57. The normalized spacial score (nSPS) is 15.5. The first kappa shape index (κ1) is 27.9. The van der Waals surface area contributed by atoms with Gasteiger partial charge < -0.3 is 9.88 Å². The van der Waals surface area contributed by atoms with Crippen LogP contribution in [0.15, 0.2) is 53.5 Å². The molecule has 0 saturated carbocycles. The number of fused-ring (bicyclic) bond motifs is 4. The molecule has 14 heteroatoms. The average molecular weight is 613 g/mol. The number of pyridine rings is 1. The first-order chi connectivity index (χ1) is 21.0. The Morgan fingerprint density at radius 1 is 0.977 bits per heavy atom. The second-order valence-electron chi connectivity index (χ2n) is 10.8. The summed E-state index contributed by atoms with van der Waals surface area (Å²) in [5.41, 5.74) is 0.136. The number of carbonyl (C=O) groups excluding carboxylic acids is 1. The van der Waals surface area contributed by atoms with E-state index in [1.807, 2.05) is 0 Å². The lowest BCUT2D eigenvalue weighted by Gasteiger charge is -2.32. The molecular weight excluding hydrogens is 590 g/mol. The highest BCUT2D eigenvalue weighted by atomic mass is 19.4. The molecule has 1 fully saturated rings. The molecule has 0 radical (unpaired) electrons. The van der Waals surface area contributed by atoms with E-state index in [0.29, 0.717) is 47.5 Å². The van der Waals surface area contributed by atoms with E-state index in [1.165, 1.54) is 26.3 Å². The molecule has 0 spiro atoms. The van der Waals surface area contributed by atoms with Crippen LogP contribution in [0.2, 0.25) is 0 Å². The number of hydrogen-bond donors (Lipinski definition) is 1. The SMILES string of the molecule is O=C(c1nn(-c2ccc(F)c(C(F)(F)F)c2)c2c1CCc1ncccc1-2)N1CCC(n2c(=O)[nH]c3ccc(F)c(F)c32)CC1. The molecular formula is C30H22F6N6O2. The molecule has 2 aliphatic rings. The number of H-pyrrole nitrogens is 1. The third-order valence-electron chi connectivity index (χ3n) is 8.33. The van der Waals surface area contributed by atoms with Crippen LogP contribution in [0.5, 0.6) is 0 Å². The third kappa shape index (κ3) is 4.38. The number of amides is 1. The van der Waals surface area contributed by atoms with Gasteiger partial charge in [0.15, 0.2) is 17.3 Å². The second-order valence-corrected chi connectivity index (χ2v) is 10.8. The van der Waals surface area contributed by atoms with E-state index in [4.69, 9.17) is 0 Å². The van der Waals surface area contributed by atoms with E-state index in [-0.39, 0.29) is 48.3 Å². The van der Waals surface area contributed by atoms with E-state index >= 15 is 0 Å². The van der Waals surface area contributed by atoms with Crippen LogP contribution in [0, 0.1) is 17.5 Å². The Hall–Kier alpha value is -4.88. The minimum atomic E-state index is -4.95. The van der Waals surface area contributed by atoms with Crippen LogP contribution in [0.1, 0.15) is 46.2 Å². The summed E-state index contributed by atoms with van der Waals surface area (Å²) in [6.07, 6.45) is -2.01. The molecule has 1 N–H and O–H groups in total. The molecule has 1 amide bonds. The fourth-order valence-corrected chi connectivity index (χ4v) is 6.26. The number of imidazole rings is 1. The number of halogens is 6. The van der Waals surface area contributed by atoms with Gasteiger partial charge in [-0.05, 0) is 68.1 Å². The van der Waals surface area contributed by atoms with Gasteiger partial charge in [0.2, 0.25) is 0 Å². The van der Waals surface area contributed by atoms with Gasteiger partial charge in [-0.2, -0.15) is 18.3 Å². The first-order valence-electron chi connectivity index (χ1n) is 13.8. The van der Waals surface area contributed by atoms with Crippen LogP contribution < -0.4 is 5.69 Å². The Morgan fingerprint density at radius 3 is 2.48 bits per heavy atom. The maximum atomic E-state index is 14.7. The number of nitrogens with zero attached hydrogens (tertiary/aromatic N) is 5. The van der Waals surface area contributed by atoms with Crippen molar-refractivity contribution in [2.24, 2.45) is 0 Å². The Balaban J connectivity index is 1.24. The summed E-state index contributed by atoms with van der Waals surface area (Å²) in [5.74, 6) is -4.12. The van der Waals surface area contributed by atoms with Crippen molar-refractivity contribution in [3.8, 4) is 16.9 Å². The number of aromatic amines is 1. The van der Waals surface area contributed by atoms with Gasteiger partial charge in [0.1, 0.15) is 11.3 Å². The second kappa shape index (κ2) is 10.1. The standard InChI is InChI=1S/C30H22F6N6O2/c31-20-5-3-16(14-19(20)30(34,35)36)42-26-17-2-1-11-37-22(17)7-4-18(26)25(39-42)28(43)40-12-9-15(10-13-40)41-27-23(38-29(41)44)8-6-21(32)24(27)33/h1-3,5-6,8,11,14-15H,4,7,9-10,12-13H2,(H,38,44). The summed E-state index contributed by atoms with van der Waals surface area (Å²) in [6, 6.07) is 7.67. The highest BCUT2D eigenvalue weighted by molar-refractivity contribution is 5.96. The number of rotatable bonds is 3. The first-order valence-corrected chi connectivity index (χ1v) is 13.8. The minimum Gasteiger partial charge on any atom is -0.337 e. The zero-order valence-electron chi connectivity index (χ0n) is 22.8. The van der Waals surface area contributed by atoms with Crippen LogP contribution in [0.25, 0.3) is 28.0 Å². The van der Waals surface area contributed by atoms with Crippen LogP contribution in [-0.2, 0) is 19.0 Å². The van der Waals surface area contributed by atoms with Crippen LogP contribution >= 0.6 is 0 Å². The van der Waals surface area contributed by atoms with Crippen molar-refractivity contribution in [3.05, 3.63) is 99.1 Å². The molecule has 44 heavy (non-hydrogen) atoms. The molecule has 2 aromatic carbocycles. The Bertz CT molecular complexity index is 2020. The maximum Gasteiger partial charge on any atom is 0.419 e. The largest absolute Gasteiger partial charge is 0.419 e. The predicted octanol–water partition coefficient (Wildman–Crippen LogP) is 5.59. The summed E-state index contributed by atoms with van der Waals surface area (Å²) in [7, 11) is 0. The molecule has 8 nitrogen and oxygen atoms in total. The van der Waals surface area contributed by atoms with Gasteiger partial charge in [0.05, 0.1) is 28.2 Å². The van der Waals surface area contributed by atoms with Crippen molar-refractivity contribution in [2.45, 2.75) is 37.9 Å². The molecule has 1 aliphatic heterocycles. The summed E-state index contributed by atoms with van der Waals surface area (Å²) in [4.78, 5) is 35.0. The summed E-state index contributed by atoms with van der Waals surface area (Å²) in [5, 5.41) is 4.49. The number of nitrogens with one attached hydrogen (secondary N) is 1. The van der Waals surface area contributed by atoms with E-state index in [1.54, 1.807) is 18.3 Å². The Kier molecular flexibility index (Phi) is 6.41. The molecule has 0 bridgehead atoms. The number of alkyl halides is 3. The molecule has 0 atom stereocenters. The van der Waals surface area contributed by atoms with Gasteiger partial charge in [-0.3, -0.25) is 14.3 Å². The molecule has 7 rings (SSSR count). The number of likely N-dealkylation sites (tertiary alicyclic amines) is 1. The van der Waals surface area contributed by atoms with E-state index in [2.05, 4.69) is 15.1 Å². The molecule has 226 valence electrons. The van der Waals surface area contributed by atoms with Crippen LogP contribution in [0.4, 0.5) is 26.3 Å². The van der Waals surface area contributed by atoms with Gasteiger partial charge in [-0.15, -0.1) is 0 Å². The molecule has 1 aliphatic carbocycles. The van der Waals surface area contributed by atoms with Gasteiger partial charge in [0.25, 0.3) is 5.91 Å². The number of benzene rings is 2. The van der Waals surface area contributed by atoms with Crippen molar-refractivity contribution in [1.82, 2.24) is 29.2 Å². The van der Waals surface area contributed by atoms with E-state index < -0.39 is 46.8 Å². The summed E-state index contributed by atoms with van der Waals surface area (Å²) in [6.45, 7) is 0.322. The lowest BCUT2D eigenvalue weighted by atomic mass is 9.91. The Morgan fingerprint density at radius 2 is 1.73 bits per heavy atom. The van der Waals surface area contributed by atoms with Crippen LogP contribution in [-0.4, -0.2) is 48.2 Å². The van der Waals surface area contributed by atoms with Gasteiger partial charge >= 0.3 is 11.9 Å². The number of aryl methyl sites for hydroxylation is 1. The van der Waals surface area contributed by atoms with Crippen molar-refractivity contribution in [2.75, 3.05) is 13.1 Å². The fourth-order valence-electron chi connectivity index (χ4n) is 6.26. The molecule has 3 aromatic heterocycles.